The average molecular weight is 394 g/mol. The Kier molecular flexibility index (Phi) is 4.21. The zero-order chi connectivity index (χ0) is 20.4. The fourth-order valence-electron chi connectivity index (χ4n) is 4.72. The van der Waals surface area contributed by atoms with Gasteiger partial charge < -0.3 is 14.9 Å². The van der Waals surface area contributed by atoms with Crippen LogP contribution >= 0.6 is 0 Å². The lowest BCUT2D eigenvalue weighted by Gasteiger charge is -2.41. The minimum atomic E-state index is -4.64. The number of aromatic nitrogens is 1. The number of anilines is 2. The number of alkyl halides is 3. The molecular formula is C19H21F3N4O2. The van der Waals surface area contributed by atoms with Crippen LogP contribution in [0.4, 0.5) is 24.8 Å². The van der Waals surface area contributed by atoms with Gasteiger partial charge in [-0.15, -0.1) is 0 Å². The van der Waals surface area contributed by atoms with Crippen LogP contribution in [0.3, 0.4) is 0 Å². The number of hydrogen-bond donors (Lipinski definition) is 1. The number of carbonyl (C=O) groups is 1. The summed E-state index contributed by atoms with van der Waals surface area (Å²) in [5, 5.41) is 18.6. The highest BCUT2D eigenvalue weighted by Gasteiger charge is 2.59. The number of aliphatic carboxylic acids is 1. The molecule has 1 saturated carbocycles. The van der Waals surface area contributed by atoms with Crippen molar-refractivity contribution in [2.24, 2.45) is 23.7 Å². The molecule has 2 saturated heterocycles. The molecule has 1 aliphatic carbocycles. The van der Waals surface area contributed by atoms with Gasteiger partial charge in [-0.05, 0) is 37.2 Å². The Morgan fingerprint density at radius 1 is 1.39 bits per heavy atom. The molecule has 3 aliphatic rings. The summed E-state index contributed by atoms with van der Waals surface area (Å²) in [6.07, 6.45) is -3.80. The lowest BCUT2D eigenvalue weighted by atomic mass is 10.0. The molecule has 0 amide bonds. The molecule has 1 aromatic rings. The number of carboxylic acids is 1. The number of piperidine rings is 1. The van der Waals surface area contributed by atoms with Crippen LogP contribution in [-0.4, -0.2) is 41.7 Å². The number of nitriles is 1. The summed E-state index contributed by atoms with van der Waals surface area (Å²) in [4.78, 5) is 19.2. The van der Waals surface area contributed by atoms with E-state index in [0.29, 0.717) is 19.6 Å². The quantitative estimate of drug-likeness (QED) is 0.846. The van der Waals surface area contributed by atoms with Crippen LogP contribution in [-0.2, 0) is 11.0 Å². The predicted molar refractivity (Wildman–Crippen MR) is 94.9 cm³/mol. The van der Waals surface area contributed by atoms with Gasteiger partial charge in [-0.2, -0.15) is 18.4 Å². The molecule has 0 radical (unpaired) electrons. The number of rotatable bonds is 4. The number of nitrogens with zero attached hydrogens (tertiary/aromatic N) is 4. The molecule has 1 N–H and O–H groups in total. The van der Waals surface area contributed by atoms with E-state index in [2.05, 4.69) is 4.98 Å². The first-order valence-corrected chi connectivity index (χ1v) is 9.40. The van der Waals surface area contributed by atoms with Crippen LogP contribution in [0.15, 0.2) is 6.07 Å². The van der Waals surface area contributed by atoms with Crippen molar-refractivity contribution in [2.75, 3.05) is 29.4 Å². The fraction of sp³-hybridized carbons (Fsp3) is 0.632. The largest absolute Gasteiger partial charge is 0.481 e. The van der Waals surface area contributed by atoms with E-state index in [1.807, 2.05) is 6.92 Å². The summed E-state index contributed by atoms with van der Waals surface area (Å²) < 4.78 is 40.9. The first kappa shape index (κ1) is 18.8. The van der Waals surface area contributed by atoms with E-state index in [9.17, 15) is 28.3 Å². The van der Waals surface area contributed by atoms with Crippen LogP contribution < -0.4 is 9.80 Å². The average Bonchev–Trinajstić information content (AvgIpc) is 3.10. The van der Waals surface area contributed by atoms with Crippen LogP contribution in [0.25, 0.3) is 0 Å². The zero-order valence-corrected chi connectivity index (χ0v) is 15.6. The topological polar surface area (TPSA) is 80.5 Å². The van der Waals surface area contributed by atoms with Gasteiger partial charge >= 0.3 is 12.1 Å². The van der Waals surface area contributed by atoms with Crippen LogP contribution in [0, 0.1) is 35.0 Å². The van der Waals surface area contributed by atoms with Gasteiger partial charge in [-0.1, -0.05) is 6.92 Å². The van der Waals surface area contributed by atoms with Crippen LogP contribution in [0.1, 0.15) is 31.4 Å². The molecular weight excluding hydrogens is 373 g/mol. The first-order chi connectivity index (χ1) is 13.1. The second kappa shape index (κ2) is 6.26. The molecule has 4 rings (SSSR count). The smallest absolute Gasteiger partial charge is 0.417 e. The molecule has 4 atom stereocenters. The number of pyridine rings is 1. The third kappa shape index (κ3) is 2.86. The maximum Gasteiger partial charge on any atom is 0.417 e. The second-order valence-electron chi connectivity index (χ2n) is 8.10. The van der Waals surface area contributed by atoms with Crippen molar-refractivity contribution in [3.05, 3.63) is 17.2 Å². The molecule has 28 heavy (non-hydrogen) atoms. The van der Waals surface area contributed by atoms with Crippen LogP contribution in [0.5, 0.6) is 0 Å². The van der Waals surface area contributed by atoms with E-state index < -0.39 is 29.2 Å². The van der Waals surface area contributed by atoms with Gasteiger partial charge in [-0.25, -0.2) is 4.98 Å². The van der Waals surface area contributed by atoms with Gasteiger partial charge in [0.1, 0.15) is 23.3 Å². The summed E-state index contributed by atoms with van der Waals surface area (Å²) >= 11 is 0. The van der Waals surface area contributed by atoms with Crippen molar-refractivity contribution >= 4 is 17.6 Å². The predicted octanol–water partition coefficient (Wildman–Crippen LogP) is 2.97. The van der Waals surface area contributed by atoms with E-state index in [0.717, 1.165) is 12.5 Å². The minimum absolute atomic E-state index is 0.0451. The van der Waals surface area contributed by atoms with Crippen molar-refractivity contribution in [2.45, 2.75) is 32.5 Å². The molecule has 0 spiro atoms. The summed E-state index contributed by atoms with van der Waals surface area (Å²) in [5.41, 5.74) is -1.38. The number of halogens is 3. The number of fused-ring (bicyclic) bond motifs is 1. The van der Waals surface area contributed by atoms with Crippen LogP contribution in [0.2, 0.25) is 0 Å². The minimum Gasteiger partial charge on any atom is -0.481 e. The third-order valence-electron chi connectivity index (χ3n) is 6.55. The molecule has 6 nitrogen and oxygen atoms in total. The van der Waals surface area contributed by atoms with E-state index >= 15 is 0 Å². The first-order valence-electron chi connectivity index (χ1n) is 9.40. The SMILES string of the molecule is C[C@H](C(=O)O)C1[C@@H]2CN(c3cc(C(F)(F)F)c(C#N)c(N4CC[C@@H]4C)n3)C[C@@H]12. The number of hydrogen-bond acceptors (Lipinski definition) is 5. The van der Waals surface area contributed by atoms with Gasteiger partial charge in [0.2, 0.25) is 0 Å². The van der Waals surface area contributed by atoms with Gasteiger partial charge in [0.15, 0.2) is 0 Å². The van der Waals surface area contributed by atoms with Gasteiger partial charge in [0.05, 0.1) is 11.5 Å². The molecule has 0 unspecified atom stereocenters. The molecule has 1 aromatic heterocycles. The van der Waals surface area contributed by atoms with Gasteiger partial charge in [0.25, 0.3) is 0 Å². The molecule has 0 bridgehead atoms. The van der Waals surface area contributed by atoms with Crippen molar-refractivity contribution in [3.8, 4) is 6.07 Å². The highest BCUT2D eigenvalue weighted by atomic mass is 19.4. The Hall–Kier alpha value is -2.50. The second-order valence-corrected chi connectivity index (χ2v) is 8.10. The van der Waals surface area contributed by atoms with E-state index in [4.69, 9.17) is 0 Å². The molecule has 9 heteroatoms. The Morgan fingerprint density at radius 3 is 2.46 bits per heavy atom. The standard InChI is InChI=1S/C19H21F3N4O2/c1-9-3-4-26(9)17-11(6-23)14(19(20,21)22)5-15(24-17)25-7-12-13(8-25)16(12)10(2)18(27)28/h5,9-10,12-13,16H,3-4,7-8H2,1-2H3,(H,27,28)/t9-,10-,12+,13+/m0/s1. The normalized spacial score (nSPS) is 29.7. The molecule has 0 aromatic carbocycles. The molecule has 3 fully saturated rings. The highest BCUT2D eigenvalue weighted by Crippen LogP contribution is 2.56. The van der Waals surface area contributed by atoms with Crippen molar-refractivity contribution < 1.29 is 23.1 Å². The molecule has 150 valence electrons. The van der Waals surface area contributed by atoms with Crippen molar-refractivity contribution in [1.82, 2.24) is 4.98 Å². The van der Waals surface area contributed by atoms with Crippen molar-refractivity contribution in [1.29, 1.82) is 5.26 Å². The monoisotopic (exact) mass is 394 g/mol. The summed E-state index contributed by atoms with van der Waals surface area (Å²) in [6, 6.07) is 2.71. The third-order valence-corrected chi connectivity index (χ3v) is 6.55. The summed E-state index contributed by atoms with van der Waals surface area (Å²) in [6.45, 7) is 5.15. The Morgan fingerprint density at radius 2 is 2.04 bits per heavy atom. The lowest BCUT2D eigenvalue weighted by molar-refractivity contribution is -0.142. The fourth-order valence-corrected chi connectivity index (χ4v) is 4.72. The van der Waals surface area contributed by atoms with E-state index in [1.165, 1.54) is 0 Å². The summed E-state index contributed by atoms with van der Waals surface area (Å²) in [5.74, 6) is -0.556. The van der Waals surface area contributed by atoms with Crippen molar-refractivity contribution in [3.63, 3.8) is 0 Å². The Bertz CT molecular complexity index is 854. The molecule has 2 aliphatic heterocycles. The summed E-state index contributed by atoms with van der Waals surface area (Å²) in [7, 11) is 0. The molecule has 3 heterocycles. The Labute approximate surface area is 160 Å². The maximum absolute atomic E-state index is 13.6. The maximum atomic E-state index is 13.6. The van der Waals surface area contributed by atoms with Gasteiger partial charge in [0, 0.05) is 25.7 Å². The van der Waals surface area contributed by atoms with Gasteiger partial charge in [-0.3, -0.25) is 4.79 Å². The van der Waals surface area contributed by atoms with E-state index in [1.54, 1.807) is 22.8 Å². The number of carboxylic acid groups (broad SMARTS) is 1. The zero-order valence-electron chi connectivity index (χ0n) is 15.6. The lowest BCUT2D eigenvalue weighted by Crippen LogP contribution is -2.47. The highest BCUT2D eigenvalue weighted by molar-refractivity contribution is 5.71. The Balaban J connectivity index is 1.65. The van der Waals surface area contributed by atoms with E-state index in [-0.39, 0.29) is 35.4 Å².